The van der Waals surface area contributed by atoms with Gasteiger partial charge in [0.2, 0.25) is 0 Å². The molecule has 1 atom stereocenters. The van der Waals surface area contributed by atoms with E-state index in [1.165, 1.54) is 11.3 Å². The lowest BCUT2D eigenvalue weighted by atomic mass is 10.1. The number of hydrogen-bond acceptors (Lipinski definition) is 5. The molecule has 3 aromatic rings. The smallest absolute Gasteiger partial charge is 0.358 e. The zero-order chi connectivity index (χ0) is 19.1. The molecule has 5 nitrogen and oxygen atoms in total. The first-order chi connectivity index (χ1) is 13.1. The van der Waals surface area contributed by atoms with Crippen molar-refractivity contribution in [3.05, 3.63) is 77.3 Å². The topological polar surface area (TPSA) is 68.3 Å². The SMILES string of the molecule is C[C@H](OC(=O)c1csc(-c2ccccc2)n1)C(=O)NCCc1ccccc1. The highest BCUT2D eigenvalue weighted by Crippen LogP contribution is 2.23. The monoisotopic (exact) mass is 380 g/mol. The van der Waals surface area contributed by atoms with Crippen molar-refractivity contribution in [2.45, 2.75) is 19.4 Å². The normalized spacial score (nSPS) is 11.6. The van der Waals surface area contributed by atoms with Crippen LogP contribution < -0.4 is 5.32 Å². The van der Waals surface area contributed by atoms with Gasteiger partial charge in [-0.2, -0.15) is 0 Å². The Morgan fingerprint density at radius 1 is 1.07 bits per heavy atom. The van der Waals surface area contributed by atoms with Gasteiger partial charge < -0.3 is 10.1 Å². The number of hydrogen-bond donors (Lipinski definition) is 1. The van der Waals surface area contributed by atoms with Gasteiger partial charge in [0.25, 0.3) is 5.91 Å². The summed E-state index contributed by atoms with van der Waals surface area (Å²) in [7, 11) is 0. The Labute approximate surface area is 162 Å². The lowest BCUT2D eigenvalue weighted by Gasteiger charge is -2.12. The third kappa shape index (κ3) is 5.24. The van der Waals surface area contributed by atoms with E-state index in [4.69, 9.17) is 4.74 Å². The Morgan fingerprint density at radius 2 is 1.74 bits per heavy atom. The summed E-state index contributed by atoms with van der Waals surface area (Å²) >= 11 is 1.37. The maximum atomic E-state index is 12.2. The van der Waals surface area contributed by atoms with Crippen LogP contribution in [0.3, 0.4) is 0 Å². The largest absolute Gasteiger partial charge is 0.448 e. The van der Waals surface area contributed by atoms with Crippen LogP contribution in [0.4, 0.5) is 0 Å². The number of carbonyl (C=O) groups excluding carboxylic acids is 2. The minimum Gasteiger partial charge on any atom is -0.448 e. The molecular weight excluding hydrogens is 360 g/mol. The summed E-state index contributed by atoms with van der Waals surface area (Å²) < 4.78 is 5.24. The van der Waals surface area contributed by atoms with Gasteiger partial charge in [-0.1, -0.05) is 60.7 Å². The number of carbonyl (C=O) groups is 2. The molecule has 0 radical (unpaired) electrons. The van der Waals surface area contributed by atoms with Crippen LogP contribution in [0, 0.1) is 0 Å². The van der Waals surface area contributed by atoms with E-state index in [1.54, 1.807) is 12.3 Å². The van der Waals surface area contributed by atoms with Crippen molar-refractivity contribution in [2.24, 2.45) is 0 Å². The van der Waals surface area contributed by atoms with Gasteiger partial charge in [0.05, 0.1) is 0 Å². The average molecular weight is 380 g/mol. The van der Waals surface area contributed by atoms with Crippen molar-refractivity contribution < 1.29 is 14.3 Å². The molecule has 1 amide bonds. The molecule has 0 fully saturated rings. The predicted octanol–water partition coefficient (Wildman–Crippen LogP) is 3.71. The van der Waals surface area contributed by atoms with Gasteiger partial charge in [0.1, 0.15) is 5.01 Å². The van der Waals surface area contributed by atoms with Gasteiger partial charge in [-0.15, -0.1) is 11.3 Å². The average Bonchev–Trinajstić information content (AvgIpc) is 3.20. The van der Waals surface area contributed by atoms with E-state index in [1.807, 2.05) is 60.7 Å². The van der Waals surface area contributed by atoms with Gasteiger partial charge in [0.15, 0.2) is 11.8 Å². The second-order valence-corrected chi connectivity index (χ2v) is 6.84. The van der Waals surface area contributed by atoms with Crippen LogP contribution in [0.1, 0.15) is 23.0 Å². The van der Waals surface area contributed by atoms with E-state index in [9.17, 15) is 9.59 Å². The number of rotatable bonds is 7. The highest BCUT2D eigenvalue weighted by atomic mass is 32.1. The van der Waals surface area contributed by atoms with E-state index < -0.39 is 12.1 Å². The number of nitrogens with one attached hydrogen (secondary N) is 1. The van der Waals surface area contributed by atoms with Gasteiger partial charge in [-0.3, -0.25) is 4.79 Å². The van der Waals surface area contributed by atoms with Crippen LogP contribution in [0.5, 0.6) is 0 Å². The predicted molar refractivity (Wildman–Crippen MR) is 106 cm³/mol. The minimum absolute atomic E-state index is 0.211. The number of nitrogens with zero attached hydrogens (tertiary/aromatic N) is 1. The molecule has 1 aromatic heterocycles. The summed E-state index contributed by atoms with van der Waals surface area (Å²) in [6, 6.07) is 19.5. The Morgan fingerprint density at radius 3 is 2.44 bits per heavy atom. The summed E-state index contributed by atoms with van der Waals surface area (Å²) in [5, 5.41) is 5.17. The quantitative estimate of drug-likeness (QED) is 0.635. The molecule has 0 saturated heterocycles. The van der Waals surface area contributed by atoms with Gasteiger partial charge in [0, 0.05) is 17.5 Å². The molecule has 27 heavy (non-hydrogen) atoms. The Balaban J connectivity index is 1.50. The molecule has 2 aromatic carbocycles. The second kappa shape index (κ2) is 9.09. The second-order valence-electron chi connectivity index (χ2n) is 5.98. The number of thiazole rings is 1. The van der Waals surface area contributed by atoms with Crippen molar-refractivity contribution in [2.75, 3.05) is 6.54 Å². The first-order valence-electron chi connectivity index (χ1n) is 8.67. The molecule has 0 spiro atoms. The number of amides is 1. The molecule has 0 aliphatic heterocycles. The highest BCUT2D eigenvalue weighted by molar-refractivity contribution is 7.13. The number of benzene rings is 2. The zero-order valence-corrected chi connectivity index (χ0v) is 15.7. The molecule has 3 rings (SSSR count). The fourth-order valence-electron chi connectivity index (χ4n) is 2.47. The van der Waals surface area contributed by atoms with Crippen LogP contribution in [0.15, 0.2) is 66.0 Å². The highest BCUT2D eigenvalue weighted by Gasteiger charge is 2.20. The maximum absolute atomic E-state index is 12.2. The van der Waals surface area contributed by atoms with Crippen molar-refractivity contribution in [1.82, 2.24) is 10.3 Å². The van der Waals surface area contributed by atoms with E-state index in [0.717, 1.165) is 22.6 Å². The minimum atomic E-state index is -0.879. The van der Waals surface area contributed by atoms with E-state index >= 15 is 0 Å². The molecular formula is C21H20N2O3S. The first kappa shape index (κ1) is 18.8. The molecule has 6 heteroatoms. The lowest BCUT2D eigenvalue weighted by molar-refractivity contribution is -0.129. The first-order valence-corrected chi connectivity index (χ1v) is 9.55. The fourth-order valence-corrected chi connectivity index (χ4v) is 3.27. The van der Waals surface area contributed by atoms with Crippen molar-refractivity contribution in [3.63, 3.8) is 0 Å². The summed E-state index contributed by atoms with van der Waals surface area (Å²) in [6.07, 6.45) is -0.157. The Kier molecular flexibility index (Phi) is 6.33. The van der Waals surface area contributed by atoms with Gasteiger partial charge in [-0.25, -0.2) is 9.78 Å². The zero-order valence-electron chi connectivity index (χ0n) is 14.9. The standard InChI is InChI=1S/C21H20N2O3S/c1-15(19(24)22-13-12-16-8-4-2-5-9-16)26-21(25)18-14-27-20(23-18)17-10-6-3-7-11-17/h2-11,14-15H,12-13H2,1H3,(H,22,24)/t15-/m0/s1. The molecule has 0 saturated carbocycles. The molecule has 138 valence electrons. The van der Waals surface area contributed by atoms with Crippen LogP contribution >= 0.6 is 11.3 Å². The number of esters is 1. The summed E-state index contributed by atoms with van der Waals surface area (Å²) in [4.78, 5) is 28.7. The van der Waals surface area contributed by atoms with Crippen molar-refractivity contribution >= 4 is 23.2 Å². The molecule has 1 N–H and O–H groups in total. The maximum Gasteiger partial charge on any atom is 0.358 e. The third-order valence-electron chi connectivity index (χ3n) is 3.94. The molecule has 0 aliphatic rings. The summed E-state index contributed by atoms with van der Waals surface area (Å²) in [5.74, 6) is -0.920. The van der Waals surface area contributed by atoms with E-state index in [-0.39, 0.29) is 11.6 Å². The molecule has 0 unspecified atom stereocenters. The van der Waals surface area contributed by atoms with Crippen LogP contribution in [-0.4, -0.2) is 29.5 Å². The number of ether oxygens (including phenoxy) is 1. The molecule has 1 heterocycles. The van der Waals surface area contributed by atoms with Crippen molar-refractivity contribution in [1.29, 1.82) is 0 Å². The molecule has 0 aliphatic carbocycles. The third-order valence-corrected chi connectivity index (χ3v) is 4.83. The number of aromatic nitrogens is 1. The lowest BCUT2D eigenvalue weighted by Crippen LogP contribution is -2.36. The fraction of sp³-hybridized carbons (Fsp3) is 0.190. The van der Waals surface area contributed by atoms with Gasteiger partial charge >= 0.3 is 5.97 Å². The summed E-state index contributed by atoms with van der Waals surface area (Å²) in [6.45, 7) is 2.04. The van der Waals surface area contributed by atoms with Crippen molar-refractivity contribution in [3.8, 4) is 10.6 Å². The summed E-state index contributed by atoms with van der Waals surface area (Å²) in [5.41, 5.74) is 2.29. The van der Waals surface area contributed by atoms with Crippen LogP contribution in [-0.2, 0) is 16.0 Å². The Hall–Kier alpha value is -2.99. The Bertz CT molecular complexity index is 894. The van der Waals surface area contributed by atoms with Gasteiger partial charge in [-0.05, 0) is 18.9 Å². The van der Waals surface area contributed by atoms with Crippen LogP contribution in [0.25, 0.3) is 10.6 Å². The molecule has 0 bridgehead atoms. The van der Waals surface area contributed by atoms with E-state index in [0.29, 0.717) is 6.54 Å². The van der Waals surface area contributed by atoms with E-state index in [2.05, 4.69) is 10.3 Å². The van der Waals surface area contributed by atoms with Crippen LogP contribution in [0.2, 0.25) is 0 Å².